The molecule has 2 fully saturated rings. The molecule has 0 bridgehead atoms. The third-order valence-corrected chi connectivity index (χ3v) is 8.37. The highest BCUT2D eigenvalue weighted by atomic mass is 19.1. The molecule has 5 N–H and O–H groups in total. The van der Waals surface area contributed by atoms with Gasteiger partial charge >= 0.3 is 0 Å². The first-order valence-corrected chi connectivity index (χ1v) is 15.7. The number of nitrogens with zero attached hydrogens (tertiary/aromatic N) is 4. The van der Waals surface area contributed by atoms with Crippen LogP contribution in [-0.2, 0) is 11.4 Å². The average Bonchev–Trinajstić information content (AvgIpc) is 3.87. The number of morpholine rings is 1. The predicted molar refractivity (Wildman–Crippen MR) is 183 cm³/mol. The molecule has 47 heavy (non-hydrogen) atoms. The summed E-state index contributed by atoms with van der Waals surface area (Å²) in [5.74, 6) is 1.39. The van der Waals surface area contributed by atoms with E-state index in [2.05, 4.69) is 30.2 Å². The number of rotatable bonds is 12. The maximum absolute atomic E-state index is 13.8. The van der Waals surface area contributed by atoms with Gasteiger partial charge in [0.05, 0.1) is 25.5 Å². The average molecular weight is 636 g/mol. The summed E-state index contributed by atoms with van der Waals surface area (Å²) in [6, 6.07) is 9.71. The van der Waals surface area contributed by atoms with E-state index >= 15 is 0 Å². The van der Waals surface area contributed by atoms with Crippen molar-refractivity contribution in [2.24, 2.45) is 0 Å². The van der Waals surface area contributed by atoms with Crippen molar-refractivity contribution in [3.8, 4) is 11.3 Å². The summed E-state index contributed by atoms with van der Waals surface area (Å²) in [6.07, 6.45) is 15.3. The summed E-state index contributed by atoms with van der Waals surface area (Å²) in [6.45, 7) is 3.87. The number of aldehydes is 1. The smallest absolute Gasteiger partial charge is 0.222 e. The maximum atomic E-state index is 13.8. The van der Waals surface area contributed by atoms with Crippen LogP contribution in [0.2, 0.25) is 0 Å². The number of ether oxygens (including phenoxy) is 1. The van der Waals surface area contributed by atoms with Crippen molar-refractivity contribution in [3.63, 3.8) is 0 Å². The molecule has 0 radical (unpaired) electrons. The molecule has 1 aliphatic carbocycles. The number of H-pyrrole nitrogens is 1. The first-order chi connectivity index (χ1) is 23.0. The van der Waals surface area contributed by atoms with Crippen molar-refractivity contribution in [1.29, 1.82) is 0 Å². The van der Waals surface area contributed by atoms with E-state index in [-0.39, 0.29) is 12.6 Å². The number of aliphatic hydroxyl groups excluding tert-OH is 1. The van der Waals surface area contributed by atoms with E-state index < -0.39 is 6.67 Å². The van der Waals surface area contributed by atoms with E-state index in [4.69, 9.17) is 10.5 Å². The van der Waals surface area contributed by atoms with E-state index in [1.54, 1.807) is 24.5 Å². The number of nitrogen functional groups attached to an aromatic ring is 1. The normalized spacial score (nSPS) is 16.1. The van der Waals surface area contributed by atoms with Crippen molar-refractivity contribution in [1.82, 2.24) is 25.3 Å². The number of aromatic nitrogens is 4. The van der Waals surface area contributed by atoms with E-state index in [9.17, 15) is 14.3 Å². The summed E-state index contributed by atoms with van der Waals surface area (Å²) in [4.78, 5) is 31.1. The Morgan fingerprint density at radius 3 is 2.72 bits per heavy atom. The second-order valence-corrected chi connectivity index (χ2v) is 11.5. The SMILES string of the molecule is C\C=C/C=C(\C(=C\N/C=C\c1cc(C2CC2)cc(CF)c1C=O)CO)c1nc(N)nc2[nH]c(-c3ccc(N4CCOCC4)nc3)cc12. The molecule has 1 aliphatic heterocycles. The van der Waals surface area contributed by atoms with Crippen molar-refractivity contribution in [3.05, 3.63) is 101 Å². The molecule has 0 atom stereocenters. The van der Waals surface area contributed by atoms with Crippen LogP contribution in [0.15, 0.2) is 72.7 Å². The lowest BCUT2D eigenvalue weighted by Gasteiger charge is -2.27. The number of allylic oxidation sites excluding steroid dienone is 3. The van der Waals surface area contributed by atoms with Crippen LogP contribution >= 0.6 is 0 Å². The number of hydrogen-bond donors (Lipinski definition) is 4. The first-order valence-electron chi connectivity index (χ1n) is 15.7. The molecule has 3 aromatic heterocycles. The fourth-order valence-corrected chi connectivity index (χ4v) is 5.75. The molecule has 242 valence electrons. The molecule has 11 heteroatoms. The second-order valence-electron chi connectivity index (χ2n) is 11.5. The highest BCUT2D eigenvalue weighted by molar-refractivity contribution is 5.96. The topological polar surface area (TPSA) is 142 Å². The van der Waals surface area contributed by atoms with Crippen molar-refractivity contribution in [2.75, 3.05) is 43.5 Å². The van der Waals surface area contributed by atoms with Crippen LogP contribution in [0.5, 0.6) is 0 Å². The third kappa shape index (κ3) is 7.16. The zero-order chi connectivity index (χ0) is 32.8. The molecule has 2 aliphatic rings. The zero-order valence-electron chi connectivity index (χ0n) is 26.2. The molecule has 0 spiro atoms. The largest absolute Gasteiger partial charge is 0.392 e. The minimum atomic E-state index is -0.704. The standard InChI is InChI=1S/C36H38FN7O3/c1-2-3-4-29(28(21-45)19-39-10-9-24-15-26(23-5-6-23)16-27(18-37)31(24)22-46)34-30-17-32(41-35(30)43-36(38)42-34)25-7-8-33(40-20-25)44-11-13-47-14-12-44/h2-4,7-10,15-17,19-20,22-23,39,45H,5-6,11-14,18,21H2,1H3,(H3,38,41,42,43)/b3-2-,10-9-,28-19+,29-4+. The molecule has 0 unspecified atom stereocenters. The minimum absolute atomic E-state index is 0.0822. The number of fused-ring (bicyclic) bond motifs is 1. The lowest BCUT2D eigenvalue weighted by Crippen LogP contribution is -2.36. The number of carbonyl (C=O) groups is 1. The Bertz CT molecular complexity index is 1870. The van der Waals surface area contributed by atoms with Crippen molar-refractivity contribution in [2.45, 2.75) is 32.4 Å². The van der Waals surface area contributed by atoms with Gasteiger partial charge in [-0.3, -0.25) is 4.79 Å². The Kier molecular flexibility index (Phi) is 9.84. The number of aliphatic hydroxyl groups is 1. The fraction of sp³-hybridized carbons (Fsp3) is 0.278. The molecule has 1 saturated carbocycles. The van der Waals surface area contributed by atoms with E-state index in [0.29, 0.717) is 64.6 Å². The van der Waals surface area contributed by atoms with Gasteiger partial charge in [-0.15, -0.1) is 0 Å². The highest BCUT2D eigenvalue weighted by Crippen LogP contribution is 2.41. The van der Waals surface area contributed by atoms with Gasteiger partial charge in [-0.25, -0.2) is 14.4 Å². The van der Waals surface area contributed by atoms with Crippen LogP contribution in [0.4, 0.5) is 16.2 Å². The molecule has 1 saturated heterocycles. The predicted octanol–water partition coefficient (Wildman–Crippen LogP) is 5.69. The molecule has 0 amide bonds. The third-order valence-electron chi connectivity index (χ3n) is 8.37. The van der Waals surface area contributed by atoms with Gasteiger partial charge in [0.2, 0.25) is 5.95 Å². The van der Waals surface area contributed by atoms with Gasteiger partial charge in [-0.1, -0.05) is 30.4 Å². The summed E-state index contributed by atoms with van der Waals surface area (Å²) < 4.78 is 19.2. The number of alkyl halides is 1. The molecular weight excluding hydrogens is 597 g/mol. The van der Waals surface area contributed by atoms with Crippen LogP contribution in [0.3, 0.4) is 0 Å². The maximum Gasteiger partial charge on any atom is 0.222 e. The van der Waals surface area contributed by atoms with Gasteiger partial charge in [0.1, 0.15) is 18.1 Å². The fourth-order valence-electron chi connectivity index (χ4n) is 5.75. The van der Waals surface area contributed by atoms with Crippen LogP contribution in [-0.4, -0.2) is 64.2 Å². The number of nitrogens with two attached hydrogens (primary N) is 1. The monoisotopic (exact) mass is 635 g/mol. The summed E-state index contributed by atoms with van der Waals surface area (Å²) in [7, 11) is 0. The highest BCUT2D eigenvalue weighted by Gasteiger charge is 2.25. The number of nitrogens with one attached hydrogen (secondary N) is 2. The van der Waals surface area contributed by atoms with Gasteiger partial charge in [-0.2, -0.15) is 4.98 Å². The Balaban J connectivity index is 1.30. The van der Waals surface area contributed by atoms with Crippen LogP contribution < -0.4 is 16.0 Å². The van der Waals surface area contributed by atoms with Crippen LogP contribution in [0.1, 0.15) is 58.4 Å². The quantitative estimate of drug-likeness (QED) is 0.114. The number of hydrogen-bond acceptors (Lipinski definition) is 9. The molecule has 10 nitrogen and oxygen atoms in total. The first kappa shape index (κ1) is 31.8. The van der Waals surface area contributed by atoms with Gasteiger partial charge in [0, 0.05) is 65.0 Å². The summed E-state index contributed by atoms with van der Waals surface area (Å²) >= 11 is 0. The van der Waals surface area contributed by atoms with Gasteiger partial charge < -0.3 is 30.8 Å². The van der Waals surface area contributed by atoms with Crippen molar-refractivity contribution < 1.29 is 19.0 Å². The summed E-state index contributed by atoms with van der Waals surface area (Å²) in [5, 5.41) is 14.3. The van der Waals surface area contributed by atoms with Gasteiger partial charge in [0.25, 0.3) is 0 Å². The number of halogens is 1. The van der Waals surface area contributed by atoms with E-state index in [0.717, 1.165) is 54.0 Å². The Morgan fingerprint density at radius 1 is 1.21 bits per heavy atom. The van der Waals surface area contributed by atoms with Crippen molar-refractivity contribution >= 4 is 40.7 Å². The zero-order valence-corrected chi connectivity index (χ0v) is 26.2. The lowest BCUT2D eigenvalue weighted by molar-refractivity contribution is 0.112. The molecule has 1 aromatic carbocycles. The molecule has 4 aromatic rings. The number of anilines is 2. The minimum Gasteiger partial charge on any atom is -0.392 e. The van der Waals surface area contributed by atoms with E-state index in [1.807, 2.05) is 55.6 Å². The number of carbonyl (C=O) groups excluding carboxylic acids is 1. The number of aromatic amines is 1. The van der Waals surface area contributed by atoms with Crippen LogP contribution in [0, 0.1) is 0 Å². The lowest BCUT2D eigenvalue weighted by atomic mass is 9.96. The van der Waals surface area contributed by atoms with Gasteiger partial charge in [-0.05, 0) is 66.6 Å². The second kappa shape index (κ2) is 14.5. The van der Waals surface area contributed by atoms with Gasteiger partial charge in [0.15, 0.2) is 6.29 Å². The molecular formula is C36H38FN7O3. The molecule has 4 heterocycles. The Morgan fingerprint density at radius 2 is 2.04 bits per heavy atom. The summed E-state index contributed by atoms with van der Waals surface area (Å²) in [5.41, 5.74) is 12.6. The number of benzene rings is 1. The number of pyridine rings is 1. The van der Waals surface area contributed by atoms with E-state index in [1.165, 1.54) is 0 Å². The molecule has 6 rings (SSSR count). The Labute approximate surface area is 272 Å². The van der Waals surface area contributed by atoms with Crippen LogP contribution in [0.25, 0.3) is 33.9 Å². The Hall–Kier alpha value is -5.13.